The molecule has 0 aliphatic rings. The number of carbonyl (C=O) groups is 1. The largest absolute Gasteiger partial charge is 0.307 e. The number of anilines is 1. The summed E-state index contributed by atoms with van der Waals surface area (Å²) in [6.07, 6.45) is 0. The highest BCUT2D eigenvalue weighted by Crippen LogP contribution is 2.23. The van der Waals surface area contributed by atoms with Crippen LogP contribution in [0.15, 0.2) is 23.6 Å². The first kappa shape index (κ1) is 13.7. The molecule has 2 rings (SSSR count). The van der Waals surface area contributed by atoms with Gasteiger partial charge in [0.2, 0.25) is 0 Å². The molecule has 1 aromatic carbocycles. The van der Waals surface area contributed by atoms with Gasteiger partial charge in [-0.25, -0.2) is 4.98 Å². The Morgan fingerprint density at radius 2 is 2.05 bits per heavy atom. The average Bonchev–Trinajstić information content (AvgIpc) is 2.79. The first-order chi connectivity index (χ1) is 9.02. The molecule has 0 aliphatic heterocycles. The van der Waals surface area contributed by atoms with Crippen LogP contribution in [0.1, 0.15) is 33.5 Å². The number of carbonyl (C=O) groups excluding carboxylic acids is 1. The molecule has 0 unspecified atom stereocenters. The summed E-state index contributed by atoms with van der Waals surface area (Å²) in [5.41, 5.74) is 3.81. The van der Waals surface area contributed by atoms with Gasteiger partial charge < -0.3 is 4.90 Å². The second kappa shape index (κ2) is 5.53. The van der Waals surface area contributed by atoms with Gasteiger partial charge in [0.25, 0.3) is 5.91 Å². The van der Waals surface area contributed by atoms with Crippen molar-refractivity contribution in [2.24, 2.45) is 0 Å². The summed E-state index contributed by atoms with van der Waals surface area (Å²) in [6.45, 7) is 8.62. The third kappa shape index (κ3) is 2.84. The quantitative estimate of drug-likeness (QED) is 0.854. The zero-order valence-corrected chi connectivity index (χ0v) is 12.5. The van der Waals surface area contributed by atoms with E-state index in [4.69, 9.17) is 0 Å². The number of hydrogen-bond donors (Lipinski definition) is 0. The number of aromatic nitrogens is 1. The molecule has 0 spiro atoms. The van der Waals surface area contributed by atoms with Crippen LogP contribution in [-0.4, -0.2) is 17.4 Å². The fourth-order valence-electron chi connectivity index (χ4n) is 2.13. The summed E-state index contributed by atoms with van der Waals surface area (Å²) in [5, 5.41) is 2.74. The highest BCUT2D eigenvalue weighted by atomic mass is 32.1. The maximum atomic E-state index is 12.5. The highest BCUT2D eigenvalue weighted by Gasteiger charge is 2.19. The molecule has 1 heterocycles. The summed E-state index contributed by atoms with van der Waals surface area (Å²) in [5.74, 6) is -0.0289. The lowest BCUT2D eigenvalue weighted by atomic mass is 10.1. The van der Waals surface area contributed by atoms with Crippen molar-refractivity contribution >= 4 is 22.9 Å². The van der Waals surface area contributed by atoms with E-state index in [2.05, 4.69) is 18.0 Å². The molecule has 3 nitrogen and oxygen atoms in total. The molecule has 0 aliphatic carbocycles. The third-order valence-corrected chi connectivity index (χ3v) is 3.82. The Balaban J connectivity index is 2.36. The first-order valence-corrected chi connectivity index (χ1v) is 7.22. The van der Waals surface area contributed by atoms with Crippen LogP contribution in [0.3, 0.4) is 0 Å². The van der Waals surface area contributed by atoms with Crippen LogP contribution in [0.5, 0.6) is 0 Å². The summed E-state index contributed by atoms with van der Waals surface area (Å²) >= 11 is 1.50. The third-order valence-electron chi connectivity index (χ3n) is 3.04. The molecular weight excluding hydrogens is 256 g/mol. The predicted octanol–water partition coefficient (Wildman–Crippen LogP) is 3.74. The van der Waals surface area contributed by atoms with E-state index in [-0.39, 0.29) is 5.91 Å². The maximum Gasteiger partial charge on any atom is 0.277 e. The second-order valence-electron chi connectivity index (χ2n) is 4.59. The van der Waals surface area contributed by atoms with Gasteiger partial charge >= 0.3 is 0 Å². The van der Waals surface area contributed by atoms with Crippen LogP contribution >= 0.6 is 11.3 Å². The Kier molecular flexibility index (Phi) is 4.00. The van der Waals surface area contributed by atoms with E-state index < -0.39 is 0 Å². The monoisotopic (exact) mass is 274 g/mol. The molecule has 0 saturated carbocycles. The normalized spacial score (nSPS) is 10.5. The minimum absolute atomic E-state index is 0.0289. The van der Waals surface area contributed by atoms with Crippen molar-refractivity contribution in [2.45, 2.75) is 27.7 Å². The van der Waals surface area contributed by atoms with Crippen LogP contribution in [0.2, 0.25) is 0 Å². The summed E-state index contributed by atoms with van der Waals surface area (Å²) in [6, 6.07) is 6.13. The standard InChI is InChI=1S/C15H18N2OS/c1-5-17(14-7-6-10(2)8-11(14)3)15(18)13-9-19-12(4)16-13/h6-9H,5H2,1-4H3. The van der Waals surface area contributed by atoms with Gasteiger partial charge in [-0.15, -0.1) is 11.3 Å². The molecule has 0 fully saturated rings. The van der Waals surface area contributed by atoms with Crippen molar-refractivity contribution in [3.8, 4) is 0 Å². The van der Waals surface area contributed by atoms with Crippen molar-refractivity contribution in [1.29, 1.82) is 0 Å². The minimum Gasteiger partial charge on any atom is -0.307 e. The van der Waals surface area contributed by atoms with E-state index in [0.717, 1.165) is 16.3 Å². The van der Waals surface area contributed by atoms with Crippen molar-refractivity contribution in [1.82, 2.24) is 4.98 Å². The van der Waals surface area contributed by atoms with Gasteiger partial charge in [-0.05, 0) is 39.3 Å². The fourth-order valence-corrected chi connectivity index (χ4v) is 2.72. The van der Waals surface area contributed by atoms with Gasteiger partial charge in [0.05, 0.1) is 5.01 Å². The smallest absolute Gasteiger partial charge is 0.277 e. The molecule has 19 heavy (non-hydrogen) atoms. The molecule has 4 heteroatoms. The Hall–Kier alpha value is -1.68. The molecular formula is C15H18N2OS. The van der Waals surface area contributed by atoms with Crippen molar-refractivity contribution in [2.75, 3.05) is 11.4 Å². The number of hydrogen-bond acceptors (Lipinski definition) is 3. The van der Waals surface area contributed by atoms with Gasteiger partial charge in [-0.2, -0.15) is 0 Å². The van der Waals surface area contributed by atoms with E-state index in [1.807, 2.05) is 38.3 Å². The topological polar surface area (TPSA) is 33.2 Å². The summed E-state index contributed by atoms with van der Waals surface area (Å²) in [4.78, 5) is 18.6. The molecule has 0 atom stereocenters. The minimum atomic E-state index is -0.0289. The molecule has 1 aromatic heterocycles. The van der Waals surface area contributed by atoms with Crippen LogP contribution in [0, 0.1) is 20.8 Å². The maximum absolute atomic E-state index is 12.5. The average molecular weight is 274 g/mol. The van der Waals surface area contributed by atoms with Crippen LogP contribution in [0.4, 0.5) is 5.69 Å². The Morgan fingerprint density at radius 3 is 2.58 bits per heavy atom. The first-order valence-electron chi connectivity index (χ1n) is 6.34. The Bertz CT molecular complexity index is 604. The number of aryl methyl sites for hydroxylation is 3. The van der Waals surface area contributed by atoms with E-state index in [0.29, 0.717) is 12.2 Å². The lowest BCUT2D eigenvalue weighted by molar-refractivity contribution is 0.0984. The van der Waals surface area contributed by atoms with Gasteiger partial charge in [0.1, 0.15) is 5.69 Å². The van der Waals surface area contributed by atoms with Gasteiger partial charge in [0, 0.05) is 17.6 Å². The van der Waals surface area contributed by atoms with Crippen molar-refractivity contribution in [3.05, 3.63) is 45.4 Å². The molecule has 1 amide bonds. The zero-order valence-electron chi connectivity index (χ0n) is 11.7. The number of thiazole rings is 1. The van der Waals surface area contributed by atoms with Crippen LogP contribution in [-0.2, 0) is 0 Å². The van der Waals surface area contributed by atoms with Gasteiger partial charge in [-0.1, -0.05) is 17.7 Å². The van der Waals surface area contributed by atoms with E-state index in [1.54, 1.807) is 4.90 Å². The Morgan fingerprint density at radius 1 is 1.32 bits per heavy atom. The fraction of sp³-hybridized carbons (Fsp3) is 0.333. The highest BCUT2D eigenvalue weighted by molar-refractivity contribution is 7.09. The van der Waals surface area contributed by atoms with Crippen molar-refractivity contribution < 1.29 is 4.79 Å². The molecule has 2 aromatic rings. The molecule has 0 radical (unpaired) electrons. The lowest BCUT2D eigenvalue weighted by Gasteiger charge is -2.22. The van der Waals surface area contributed by atoms with Gasteiger partial charge in [-0.3, -0.25) is 4.79 Å². The second-order valence-corrected chi connectivity index (χ2v) is 5.65. The summed E-state index contributed by atoms with van der Waals surface area (Å²) < 4.78 is 0. The number of benzene rings is 1. The van der Waals surface area contributed by atoms with Gasteiger partial charge in [0.15, 0.2) is 0 Å². The molecule has 100 valence electrons. The number of nitrogens with zero attached hydrogens (tertiary/aromatic N) is 2. The molecule has 0 N–H and O–H groups in total. The molecule has 0 bridgehead atoms. The molecule has 0 saturated heterocycles. The van der Waals surface area contributed by atoms with E-state index in [1.165, 1.54) is 16.9 Å². The zero-order chi connectivity index (χ0) is 14.0. The van der Waals surface area contributed by atoms with E-state index >= 15 is 0 Å². The van der Waals surface area contributed by atoms with E-state index in [9.17, 15) is 4.79 Å². The Labute approximate surface area is 117 Å². The SMILES string of the molecule is CCN(C(=O)c1csc(C)n1)c1ccc(C)cc1C. The summed E-state index contributed by atoms with van der Waals surface area (Å²) in [7, 11) is 0. The lowest BCUT2D eigenvalue weighted by Crippen LogP contribution is -2.31. The number of rotatable bonds is 3. The number of amides is 1. The van der Waals surface area contributed by atoms with Crippen LogP contribution < -0.4 is 4.90 Å². The van der Waals surface area contributed by atoms with Crippen LogP contribution in [0.25, 0.3) is 0 Å². The predicted molar refractivity (Wildman–Crippen MR) is 80.1 cm³/mol. The van der Waals surface area contributed by atoms with Crippen molar-refractivity contribution in [3.63, 3.8) is 0 Å².